The fraction of sp³-hybridized carbons (Fsp3) is 0.722. The van der Waals surface area contributed by atoms with E-state index in [2.05, 4.69) is 10.6 Å². The Bertz CT molecular complexity index is 616. The number of carboxylic acids is 2. The molecule has 11 N–H and O–H groups in total. The third kappa shape index (κ3) is 13.2. The minimum absolute atomic E-state index is 0.195. The maximum Gasteiger partial charge on any atom is 0.322 e. The molecular formula is C18H34N6O7. The molecule has 3 atom stereocenters. The maximum absolute atomic E-state index is 12.7. The first kappa shape index (κ1) is 28.2. The first-order valence-corrected chi connectivity index (χ1v) is 10.1. The predicted molar refractivity (Wildman–Crippen MR) is 111 cm³/mol. The Hall–Kier alpha value is -2.77. The molecule has 0 radical (unpaired) electrons. The van der Waals surface area contributed by atoms with Crippen LogP contribution in [0.5, 0.6) is 0 Å². The second-order valence-corrected chi connectivity index (χ2v) is 7.01. The third-order valence-electron chi connectivity index (χ3n) is 4.31. The fourth-order valence-corrected chi connectivity index (χ4v) is 2.62. The number of aliphatic carboxylic acids is 2. The molecule has 13 heteroatoms. The largest absolute Gasteiger partial charge is 0.481 e. The van der Waals surface area contributed by atoms with Crippen molar-refractivity contribution in [2.75, 3.05) is 19.6 Å². The van der Waals surface area contributed by atoms with Crippen LogP contribution in [0, 0.1) is 0 Å². The van der Waals surface area contributed by atoms with E-state index < -0.39 is 60.8 Å². The van der Waals surface area contributed by atoms with Gasteiger partial charge in [-0.2, -0.15) is 0 Å². The zero-order valence-corrected chi connectivity index (χ0v) is 17.5. The van der Waals surface area contributed by atoms with E-state index in [-0.39, 0.29) is 6.42 Å². The molecule has 0 spiro atoms. The molecule has 0 heterocycles. The second kappa shape index (κ2) is 16.0. The molecule has 0 bridgehead atoms. The maximum atomic E-state index is 12.7. The number of carbonyl (C=O) groups is 5. The van der Waals surface area contributed by atoms with Crippen LogP contribution in [-0.4, -0.2) is 77.6 Å². The first-order chi connectivity index (χ1) is 14.6. The monoisotopic (exact) mass is 446 g/mol. The lowest BCUT2D eigenvalue weighted by Gasteiger charge is -2.23. The summed E-state index contributed by atoms with van der Waals surface area (Å²) in [5, 5.41) is 24.5. The summed E-state index contributed by atoms with van der Waals surface area (Å²) in [7, 11) is 0. The summed E-state index contributed by atoms with van der Waals surface area (Å²) in [5.41, 5.74) is 16.7. The number of nitrogens with two attached hydrogens (primary N) is 3. The predicted octanol–water partition coefficient (Wildman–Crippen LogP) is -2.78. The lowest BCUT2D eigenvalue weighted by atomic mass is 10.1. The Kier molecular flexibility index (Phi) is 14.6. The number of amides is 3. The van der Waals surface area contributed by atoms with Crippen LogP contribution in [0.2, 0.25) is 0 Å². The minimum atomic E-state index is -1.52. The van der Waals surface area contributed by atoms with Crippen molar-refractivity contribution in [3.8, 4) is 0 Å². The van der Waals surface area contributed by atoms with E-state index >= 15 is 0 Å². The lowest BCUT2D eigenvalue weighted by Crippen LogP contribution is -2.56. The van der Waals surface area contributed by atoms with Gasteiger partial charge in [-0.05, 0) is 45.2 Å². The molecule has 0 fully saturated rings. The second-order valence-electron chi connectivity index (χ2n) is 7.01. The molecule has 0 aromatic carbocycles. The Morgan fingerprint density at radius 3 is 1.77 bits per heavy atom. The highest BCUT2D eigenvalue weighted by molar-refractivity contribution is 5.95. The Morgan fingerprint density at radius 2 is 1.26 bits per heavy atom. The molecule has 31 heavy (non-hydrogen) atoms. The first-order valence-electron chi connectivity index (χ1n) is 10.1. The SMILES string of the molecule is NCCCCC(N)C(=O)NC(CCCCN)C(=O)NC(CC(=O)O)C(=O)NCC(=O)O. The number of nitrogens with one attached hydrogen (secondary N) is 3. The van der Waals surface area contributed by atoms with E-state index in [1.807, 2.05) is 5.32 Å². The van der Waals surface area contributed by atoms with E-state index in [9.17, 15) is 24.0 Å². The van der Waals surface area contributed by atoms with Crippen LogP contribution in [0.3, 0.4) is 0 Å². The van der Waals surface area contributed by atoms with Gasteiger partial charge in [-0.3, -0.25) is 24.0 Å². The van der Waals surface area contributed by atoms with Crippen LogP contribution in [-0.2, 0) is 24.0 Å². The third-order valence-corrected chi connectivity index (χ3v) is 4.31. The summed E-state index contributed by atoms with van der Waals surface area (Å²) >= 11 is 0. The zero-order chi connectivity index (χ0) is 23.8. The number of rotatable bonds is 17. The van der Waals surface area contributed by atoms with Crippen LogP contribution < -0.4 is 33.2 Å². The average molecular weight is 447 g/mol. The van der Waals surface area contributed by atoms with Gasteiger partial charge in [0.05, 0.1) is 12.5 Å². The van der Waals surface area contributed by atoms with E-state index in [1.165, 1.54) is 0 Å². The average Bonchev–Trinajstić information content (AvgIpc) is 2.70. The minimum Gasteiger partial charge on any atom is -0.481 e. The van der Waals surface area contributed by atoms with Gasteiger partial charge in [0.25, 0.3) is 0 Å². The van der Waals surface area contributed by atoms with Crippen LogP contribution in [0.15, 0.2) is 0 Å². The van der Waals surface area contributed by atoms with E-state index in [0.29, 0.717) is 45.2 Å². The highest BCUT2D eigenvalue weighted by Crippen LogP contribution is 2.05. The molecule has 0 aliphatic carbocycles. The topological polar surface area (TPSA) is 240 Å². The van der Waals surface area contributed by atoms with E-state index in [4.69, 9.17) is 27.4 Å². The molecule has 178 valence electrons. The number of hydrogen-bond donors (Lipinski definition) is 8. The number of carbonyl (C=O) groups excluding carboxylic acids is 3. The summed E-state index contributed by atoms with van der Waals surface area (Å²) in [5.74, 6) is -5.01. The van der Waals surface area contributed by atoms with E-state index in [0.717, 1.165) is 0 Å². The van der Waals surface area contributed by atoms with Crippen LogP contribution in [0.1, 0.15) is 44.9 Å². The molecule has 0 aliphatic heterocycles. The molecule has 3 amide bonds. The lowest BCUT2D eigenvalue weighted by molar-refractivity contribution is -0.141. The van der Waals surface area contributed by atoms with Crippen molar-refractivity contribution >= 4 is 29.7 Å². The number of hydrogen-bond acceptors (Lipinski definition) is 8. The van der Waals surface area contributed by atoms with Gasteiger partial charge in [0.15, 0.2) is 0 Å². The summed E-state index contributed by atoms with van der Waals surface area (Å²) in [6, 6.07) is -3.44. The normalized spacial score (nSPS) is 13.5. The van der Waals surface area contributed by atoms with Gasteiger partial charge >= 0.3 is 11.9 Å². The van der Waals surface area contributed by atoms with Crippen LogP contribution in [0.4, 0.5) is 0 Å². The fourth-order valence-electron chi connectivity index (χ4n) is 2.62. The summed E-state index contributed by atoms with van der Waals surface area (Å²) in [6.45, 7) is 0.104. The van der Waals surface area contributed by atoms with Crippen molar-refractivity contribution in [3.05, 3.63) is 0 Å². The molecule has 0 rings (SSSR count). The van der Waals surface area contributed by atoms with Gasteiger partial charge in [-0.25, -0.2) is 0 Å². The van der Waals surface area contributed by atoms with Gasteiger partial charge < -0.3 is 43.4 Å². The van der Waals surface area contributed by atoms with Crippen molar-refractivity contribution in [2.24, 2.45) is 17.2 Å². The Morgan fingerprint density at radius 1 is 0.710 bits per heavy atom. The van der Waals surface area contributed by atoms with Crippen molar-refractivity contribution in [2.45, 2.75) is 63.1 Å². The van der Waals surface area contributed by atoms with Gasteiger partial charge in [0, 0.05) is 0 Å². The van der Waals surface area contributed by atoms with E-state index in [1.54, 1.807) is 0 Å². The van der Waals surface area contributed by atoms with Gasteiger partial charge in [0.2, 0.25) is 17.7 Å². The number of carboxylic acid groups (broad SMARTS) is 2. The van der Waals surface area contributed by atoms with Crippen LogP contribution in [0.25, 0.3) is 0 Å². The highest BCUT2D eigenvalue weighted by Gasteiger charge is 2.29. The Balaban J connectivity index is 5.18. The molecule has 0 saturated heterocycles. The summed E-state index contributed by atoms with van der Waals surface area (Å²) < 4.78 is 0. The number of unbranched alkanes of at least 4 members (excludes halogenated alkanes) is 2. The van der Waals surface area contributed by atoms with Crippen molar-refractivity contribution in [1.82, 2.24) is 16.0 Å². The molecular weight excluding hydrogens is 412 g/mol. The van der Waals surface area contributed by atoms with Crippen molar-refractivity contribution in [3.63, 3.8) is 0 Å². The van der Waals surface area contributed by atoms with Crippen molar-refractivity contribution < 1.29 is 34.2 Å². The van der Waals surface area contributed by atoms with Gasteiger partial charge in [-0.1, -0.05) is 6.42 Å². The molecule has 3 unspecified atom stereocenters. The molecule has 0 aromatic heterocycles. The molecule has 13 nitrogen and oxygen atoms in total. The Labute approximate surface area is 180 Å². The highest BCUT2D eigenvalue weighted by atomic mass is 16.4. The van der Waals surface area contributed by atoms with Gasteiger partial charge in [-0.15, -0.1) is 0 Å². The van der Waals surface area contributed by atoms with Crippen molar-refractivity contribution in [1.29, 1.82) is 0 Å². The smallest absolute Gasteiger partial charge is 0.322 e. The quantitative estimate of drug-likeness (QED) is 0.107. The van der Waals surface area contributed by atoms with Crippen LogP contribution >= 0.6 is 0 Å². The molecule has 0 aromatic rings. The summed E-state index contributed by atoms with van der Waals surface area (Å²) in [6.07, 6.45) is 2.22. The zero-order valence-electron chi connectivity index (χ0n) is 17.5. The standard InChI is InChI=1S/C18H34N6O7/c19-7-3-1-5-11(21)16(29)23-12(6-2-4-8-20)18(31)24-13(9-14(25)26)17(30)22-10-15(27)28/h11-13H,1-10,19-21H2,(H,22,30)(H,23,29)(H,24,31)(H,25,26)(H,27,28). The molecule has 0 aliphatic rings. The van der Waals surface area contributed by atoms with Gasteiger partial charge in [0.1, 0.15) is 18.6 Å². The summed E-state index contributed by atoms with van der Waals surface area (Å²) in [4.78, 5) is 58.8. The molecule has 0 saturated carbocycles.